The zero-order valence-corrected chi connectivity index (χ0v) is 13.3. The highest BCUT2D eigenvalue weighted by Gasteiger charge is 2.43. The Labute approximate surface area is 137 Å². The van der Waals surface area contributed by atoms with E-state index in [-0.39, 0.29) is 13.1 Å². The van der Waals surface area contributed by atoms with Gasteiger partial charge in [-0.3, -0.25) is 9.69 Å². The van der Waals surface area contributed by atoms with Crippen LogP contribution in [0.3, 0.4) is 0 Å². The van der Waals surface area contributed by atoms with Gasteiger partial charge in [0, 0.05) is 19.5 Å². The summed E-state index contributed by atoms with van der Waals surface area (Å²) in [4.78, 5) is 12.6. The van der Waals surface area contributed by atoms with Crippen LogP contribution in [-0.4, -0.2) is 55.3 Å². The number of ether oxygens (including phenoxy) is 3. The van der Waals surface area contributed by atoms with Crippen molar-refractivity contribution in [1.29, 1.82) is 0 Å². The number of piperidine rings is 1. The molecule has 6 nitrogen and oxygen atoms in total. The Kier molecular flexibility index (Phi) is 4.49. The average Bonchev–Trinajstić information content (AvgIpc) is 2.52. The highest BCUT2D eigenvalue weighted by molar-refractivity contribution is 5.70. The van der Waals surface area contributed by atoms with Gasteiger partial charge in [0.25, 0.3) is 5.92 Å². The third-order valence-electron chi connectivity index (χ3n) is 4.12. The third kappa shape index (κ3) is 3.53. The number of benzene rings is 1. The van der Waals surface area contributed by atoms with Gasteiger partial charge in [0.2, 0.25) is 5.75 Å². The molecule has 2 aliphatic heterocycles. The second-order valence-corrected chi connectivity index (χ2v) is 6.09. The van der Waals surface area contributed by atoms with Gasteiger partial charge in [-0.05, 0) is 17.7 Å². The minimum atomic E-state index is -3.01. The van der Waals surface area contributed by atoms with E-state index in [0.29, 0.717) is 36.0 Å². The fraction of sp³-hybridized carbons (Fsp3) is 0.562. The molecule has 0 saturated carbocycles. The Hall–Kier alpha value is -2.09. The van der Waals surface area contributed by atoms with Crippen LogP contribution in [0.2, 0.25) is 0 Å². The lowest BCUT2D eigenvalue weighted by atomic mass is 9.95. The van der Waals surface area contributed by atoms with Crippen LogP contribution in [0.5, 0.6) is 17.2 Å². The Morgan fingerprint density at radius 2 is 2.17 bits per heavy atom. The molecule has 3 rings (SSSR count). The van der Waals surface area contributed by atoms with Gasteiger partial charge in [-0.25, -0.2) is 8.78 Å². The molecule has 1 fully saturated rings. The number of carbonyl (C=O) groups is 1. The first-order valence-electron chi connectivity index (χ1n) is 7.67. The Bertz CT molecular complexity index is 620. The third-order valence-corrected chi connectivity index (χ3v) is 4.12. The van der Waals surface area contributed by atoms with E-state index in [1.165, 1.54) is 12.0 Å². The average molecular weight is 343 g/mol. The van der Waals surface area contributed by atoms with Crippen molar-refractivity contribution in [3.63, 3.8) is 0 Å². The molecule has 0 bridgehead atoms. The number of halogens is 2. The van der Waals surface area contributed by atoms with Crippen LogP contribution in [0.1, 0.15) is 12.0 Å². The first-order valence-corrected chi connectivity index (χ1v) is 7.67. The zero-order chi connectivity index (χ0) is 17.3. The van der Waals surface area contributed by atoms with Crippen LogP contribution in [-0.2, 0) is 11.3 Å². The molecule has 132 valence electrons. The predicted octanol–water partition coefficient (Wildman–Crippen LogP) is 2.01. The predicted molar refractivity (Wildman–Crippen MR) is 80.0 cm³/mol. The van der Waals surface area contributed by atoms with Gasteiger partial charge in [0.1, 0.15) is 13.2 Å². The van der Waals surface area contributed by atoms with Crippen molar-refractivity contribution in [2.75, 3.05) is 33.4 Å². The van der Waals surface area contributed by atoms with Crippen molar-refractivity contribution in [2.45, 2.75) is 18.9 Å². The number of hydrogen-bond donors (Lipinski definition) is 1. The summed E-state index contributed by atoms with van der Waals surface area (Å²) in [6.45, 7) is 0.630. The minimum absolute atomic E-state index is 0.0850. The molecular weight excluding hydrogens is 324 g/mol. The number of rotatable bonds is 4. The molecule has 0 radical (unpaired) electrons. The molecule has 0 spiro atoms. The molecule has 0 amide bonds. The molecule has 8 heteroatoms. The number of hydrogen-bond acceptors (Lipinski definition) is 5. The Morgan fingerprint density at radius 1 is 1.42 bits per heavy atom. The number of alkyl halides is 2. The van der Waals surface area contributed by atoms with Crippen molar-refractivity contribution < 1.29 is 32.9 Å². The number of nitrogens with zero attached hydrogens (tertiary/aromatic N) is 1. The number of fused-ring (bicyclic) bond motifs is 1. The molecule has 1 atom stereocenters. The summed E-state index contributed by atoms with van der Waals surface area (Å²) in [5.74, 6) is -3.80. The van der Waals surface area contributed by atoms with E-state index in [4.69, 9.17) is 19.3 Å². The largest absolute Gasteiger partial charge is 0.493 e. The van der Waals surface area contributed by atoms with E-state index in [1.807, 2.05) is 0 Å². The smallest absolute Gasteiger partial charge is 0.308 e. The summed E-state index contributed by atoms with van der Waals surface area (Å²) >= 11 is 0. The summed E-state index contributed by atoms with van der Waals surface area (Å²) in [6, 6.07) is 3.43. The first kappa shape index (κ1) is 16.8. The van der Waals surface area contributed by atoms with Crippen molar-refractivity contribution >= 4 is 5.97 Å². The summed E-state index contributed by atoms with van der Waals surface area (Å²) in [5, 5.41) is 9.08. The van der Waals surface area contributed by atoms with Gasteiger partial charge in [-0.15, -0.1) is 0 Å². The summed E-state index contributed by atoms with van der Waals surface area (Å²) in [5.41, 5.74) is 0.706. The SMILES string of the molecule is COc1cc(CN2CC(C(=O)O)CC(F)(F)C2)cc2c1OCCO2. The van der Waals surface area contributed by atoms with E-state index < -0.39 is 30.8 Å². The second-order valence-electron chi connectivity index (χ2n) is 6.09. The molecule has 1 unspecified atom stereocenters. The van der Waals surface area contributed by atoms with Crippen LogP contribution in [0.15, 0.2) is 12.1 Å². The van der Waals surface area contributed by atoms with Crippen molar-refractivity contribution in [1.82, 2.24) is 4.90 Å². The molecule has 1 aromatic rings. The zero-order valence-electron chi connectivity index (χ0n) is 13.3. The Balaban J connectivity index is 1.81. The maximum Gasteiger partial charge on any atom is 0.308 e. The van der Waals surface area contributed by atoms with E-state index >= 15 is 0 Å². The van der Waals surface area contributed by atoms with Gasteiger partial charge in [0.05, 0.1) is 19.6 Å². The summed E-state index contributed by atoms with van der Waals surface area (Å²) < 4.78 is 43.9. The van der Waals surface area contributed by atoms with Gasteiger partial charge in [0.15, 0.2) is 11.5 Å². The van der Waals surface area contributed by atoms with Crippen LogP contribution in [0.25, 0.3) is 0 Å². The highest BCUT2D eigenvalue weighted by atomic mass is 19.3. The van der Waals surface area contributed by atoms with Crippen molar-refractivity contribution in [3.8, 4) is 17.2 Å². The van der Waals surface area contributed by atoms with Crippen LogP contribution in [0, 0.1) is 5.92 Å². The lowest BCUT2D eigenvalue weighted by Gasteiger charge is -2.36. The monoisotopic (exact) mass is 343 g/mol. The highest BCUT2D eigenvalue weighted by Crippen LogP contribution is 2.41. The minimum Gasteiger partial charge on any atom is -0.493 e. The lowest BCUT2D eigenvalue weighted by molar-refractivity contribution is -0.153. The number of likely N-dealkylation sites (tertiary alicyclic amines) is 1. The standard InChI is InChI=1S/C16H19F2NO5/c1-22-12-4-10(5-13-14(12)24-3-2-23-13)7-19-8-11(15(20)21)6-16(17,18)9-19/h4-5,11H,2-3,6-9H2,1H3,(H,20,21). The van der Waals surface area contributed by atoms with Gasteiger partial charge in [-0.2, -0.15) is 0 Å². The molecule has 1 aromatic carbocycles. The van der Waals surface area contributed by atoms with Gasteiger partial charge >= 0.3 is 5.97 Å². The number of carboxylic acids is 1. The molecule has 0 aromatic heterocycles. The van der Waals surface area contributed by atoms with Gasteiger partial charge in [-0.1, -0.05) is 0 Å². The molecule has 2 aliphatic rings. The molecule has 24 heavy (non-hydrogen) atoms. The topological polar surface area (TPSA) is 68.2 Å². The molecule has 1 saturated heterocycles. The Morgan fingerprint density at radius 3 is 2.88 bits per heavy atom. The molecule has 2 heterocycles. The second kappa shape index (κ2) is 6.43. The van der Waals surface area contributed by atoms with Crippen molar-refractivity contribution in [2.24, 2.45) is 5.92 Å². The van der Waals surface area contributed by atoms with E-state index in [2.05, 4.69) is 0 Å². The van der Waals surface area contributed by atoms with Crippen LogP contribution < -0.4 is 14.2 Å². The summed E-state index contributed by atoms with van der Waals surface area (Å²) in [6.07, 6.45) is -0.622. The van der Waals surface area contributed by atoms with E-state index in [0.717, 1.165) is 0 Å². The normalized spacial score (nSPS) is 22.9. The number of methoxy groups -OCH3 is 1. The number of aliphatic carboxylic acids is 1. The fourth-order valence-electron chi connectivity index (χ4n) is 3.16. The van der Waals surface area contributed by atoms with Crippen LogP contribution in [0.4, 0.5) is 8.78 Å². The molecular formula is C16H19F2NO5. The van der Waals surface area contributed by atoms with E-state index in [1.54, 1.807) is 12.1 Å². The van der Waals surface area contributed by atoms with Gasteiger partial charge < -0.3 is 19.3 Å². The maximum absolute atomic E-state index is 13.8. The lowest BCUT2D eigenvalue weighted by Crippen LogP contribution is -2.48. The summed E-state index contributed by atoms with van der Waals surface area (Å²) in [7, 11) is 1.49. The van der Waals surface area contributed by atoms with Crippen molar-refractivity contribution in [3.05, 3.63) is 17.7 Å². The fourth-order valence-corrected chi connectivity index (χ4v) is 3.16. The molecule has 1 N–H and O–H groups in total. The first-order chi connectivity index (χ1) is 11.4. The maximum atomic E-state index is 13.8. The van der Waals surface area contributed by atoms with Crippen LogP contribution >= 0.6 is 0 Å². The van der Waals surface area contributed by atoms with E-state index in [9.17, 15) is 13.6 Å². The number of carboxylic acid groups (broad SMARTS) is 1. The molecule has 0 aliphatic carbocycles. The quantitative estimate of drug-likeness (QED) is 0.902.